The van der Waals surface area contributed by atoms with Crippen molar-refractivity contribution in [1.82, 2.24) is 0 Å². The van der Waals surface area contributed by atoms with E-state index in [9.17, 15) is 9.59 Å². The summed E-state index contributed by atoms with van der Waals surface area (Å²) in [6.45, 7) is 0. The van der Waals surface area contributed by atoms with Gasteiger partial charge in [0.25, 0.3) is 0 Å². The van der Waals surface area contributed by atoms with Crippen molar-refractivity contribution in [3.8, 4) is 0 Å². The van der Waals surface area contributed by atoms with Crippen LogP contribution in [0.1, 0.15) is 31.8 Å². The van der Waals surface area contributed by atoms with Crippen LogP contribution in [0.25, 0.3) is 0 Å². The van der Waals surface area contributed by atoms with Crippen molar-refractivity contribution >= 4 is 42.4 Å². The van der Waals surface area contributed by atoms with Crippen LogP contribution in [0.4, 0.5) is 0 Å². The van der Waals surface area contributed by atoms with Crippen LogP contribution < -0.4 is 0 Å². The first kappa shape index (κ1) is 29.6. The fourth-order valence-electron chi connectivity index (χ4n) is 3.13. The Labute approximate surface area is 230 Å². The quantitative estimate of drug-likeness (QED) is 0.0699. The first-order valence-corrected chi connectivity index (χ1v) is 15.2. The Morgan fingerprint density at radius 1 is 0.568 bits per heavy atom. The number of carbonyl (C=O) groups excluding carboxylic acids is 2. The molecule has 4 aromatic rings. The second kappa shape index (κ2) is 16.9. The van der Waals surface area contributed by atoms with Crippen LogP contribution in [0.15, 0.2) is 132 Å². The van der Waals surface area contributed by atoms with E-state index in [0.29, 0.717) is 22.3 Å². The van der Waals surface area contributed by atoms with Crippen LogP contribution in [0, 0.1) is 0 Å². The van der Waals surface area contributed by atoms with Crippen molar-refractivity contribution in [1.29, 1.82) is 0 Å². The van der Waals surface area contributed by atoms with Gasteiger partial charge in [0.2, 0.25) is 17.3 Å². The Balaban J connectivity index is 0.000000235. The summed E-state index contributed by atoms with van der Waals surface area (Å²) in [4.78, 5) is 24.2. The van der Waals surface area contributed by atoms with Crippen LogP contribution >= 0.6 is 19.4 Å². The van der Waals surface area contributed by atoms with Crippen LogP contribution in [0.5, 0.6) is 0 Å². The van der Waals surface area contributed by atoms with Gasteiger partial charge in [-0.3, -0.25) is 9.59 Å². The van der Waals surface area contributed by atoms with E-state index < -0.39 is 0 Å². The third-order valence-corrected chi connectivity index (χ3v) is 4.81. The van der Waals surface area contributed by atoms with Crippen LogP contribution in [0.2, 0.25) is 0 Å². The molecule has 0 aliphatic heterocycles. The van der Waals surface area contributed by atoms with Gasteiger partial charge in [-0.15, -0.1) is 0 Å². The molecule has 6 nitrogen and oxygen atoms in total. The average molecular weight is 623 g/mol. The van der Waals surface area contributed by atoms with Crippen LogP contribution in [-0.4, -0.2) is 33.4 Å². The Morgan fingerprint density at radius 2 is 0.838 bits per heavy atom. The molecule has 0 saturated carbocycles. The van der Waals surface area contributed by atoms with E-state index >= 15 is 0 Å². The molecule has 0 aliphatic rings. The Morgan fingerprint density at radius 3 is 1.14 bits per heavy atom. The number of oxime groups is 1. The van der Waals surface area contributed by atoms with Crippen molar-refractivity contribution in [3.05, 3.63) is 144 Å². The molecule has 0 unspecified atom stereocenters. The van der Waals surface area contributed by atoms with Gasteiger partial charge in [0, 0.05) is 22.3 Å². The van der Waals surface area contributed by atoms with E-state index in [-0.39, 0.29) is 38.1 Å². The number of hydrogen-bond acceptors (Lipinski definition) is 5. The van der Waals surface area contributed by atoms with Crippen molar-refractivity contribution in [3.63, 3.8) is 0 Å². The van der Waals surface area contributed by atoms with Gasteiger partial charge in [0.1, 0.15) is 0 Å². The molecule has 9 heteroatoms. The summed E-state index contributed by atoms with van der Waals surface area (Å²) in [5, 5.41) is 22.6. The molecule has 0 radical (unpaired) electrons. The summed E-state index contributed by atoms with van der Waals surface area (Å²) in [5.41, 5.74) is 2.53. The Hall–Kier alpha value is -3.64. The van der Waals surface area contributed by atoms with E-state index in [1.807, 2.05) is 36.4 Å². The monoisotopic (exact) mass is 623 g/mol. The first-order valence-electron chi connectivity index (χ1n) is 10.7. The maximum atomic E-state index is 12.1. The van der Waals surface area contributed by atoms with Crippen LogP contribution in [0.3, 0.4) is 0 Å². The molecule has 190 valence electrons. The summed E-state index contributed by atoms with van der Waals surface area (Å²) in [5.74, 6) is -0.522. The third-order valence-electron chi connectivity index (χ3n) is 4.81. The standard InChI is InChI=1S/2C14H11NO2.2ClH.Ru/c2*16-14(12-9-5-2-6-10-12)13(15-17)11-7-3-1-4-8-11;;;/h2*1-10,17H;2*1H;/q;;;;+2/p-1. The van der Waals surface area contributed by atoms with E-state index in [1.54, 1.807) is 84.9 Å². The Kier molecular flexibility index (Phi) is 13.5. The summed E-state index contributed by atoms with van der Waals surface area (Å²) in [6, 6.07) is 35.5. The fourth-order valence-corrected chi connectivity index (χ4v) is 3.13. The zero-order chi connectivity index (χ0) is 26.9. The number of rotatable bonds is 6. The molecule has 0 amide bonds. The minimum absolute atomic E-state index is 0.0526. The minimum atomic E-state index is -0.346. The molecule has 0 aromatic heterocycles. The summed E-state index contributed by atoms with van der Waals surface area (Å²) in [7, 11) is 9.71. The molecule has 0 saturated heterocycles. The zero-order valence-electron chi connectivity index (χ0n) is 19.3. The van der Waals surface area contributed by atoms with Crippen molar-refractivity contribution in [2.45, 2.75) is 0 Å². The number of nitrogens with zero attached hydrogens (tertiary/aromatic N) is 2. The predicted molar refractivity (Wildman–Crippen MR) is 145 cm³/mol. The van der Waals surface area contributed by atoms with Gasteiger partial charge in [-0.05, 0) is 0 Å². The number of halogens is 2. The third kappa shape index (κ3) is 9.39. The molecule has 0 atom stereocenters. The molecule has 37 heavy (non-hydrogen) atoms. The first-order chi connectivity index (χ1) is 18.1. The predicted octanol–water partition coefficient (Wildman–Crippen LogP) is 6.12. The van der Waals surface area contributed by atoms with Crippen molar-refractivity contribution < 1.29 is 35.1 Å². The fraction of sp³-hybridized carbons (Fsp3) is 0. The summed E-state index contributed by atoms with van der Waals surface area (Å²) in [6.07, 6.45) is 0. The molecule has 4 aromatic carbocycles. The zero-order valence-corrected chi connectivity index (χ0v) is 22.6. The number of Topliss-reactive ketones (excluding diaryl/α,β-unsaturated/α-hetero) is 2. The molecule has 0 aliphatic carbocycles. The number of carbonyl (C=O) groups is 2. The van der Waals surface area contributed by atoms with E-state index in [4.69, 9.17) is 29.8 Å². The molecule has 3 N–H and O–H groups in total. The van der Waals surface area contributed by atoms with Gasteiger partial charge in [-0.2, -0.15) is 0 Å². The maximum absolute atomic E-state index is 12.1. The molecule has 0 spiro atoms. The molecule has 0 bridgehead atoms. The van der Waals surface area contributed by atoms with Gasteiger partial charge in [0.05, 0.1) is 5.16 Å². The second-order valence-electron chi connectivity index (χ2n) is 7.08. The second-order valence-corrected chi connectivity index (χ2v) is 9.72. The van der Waals surface area contributed by atoms with Gasteiger partial charge in [-0.1, -0.05) is 126 Å². The Bertz CT molecular complexity index is 1200. The van der Waals surface area contributed by atoms with Crippen molar-refractivity contribution in [2.24, 2.45) is 10.3 Å². The van der Waals surface area contributed by atoms with Gasteiger partial charge < -0.3 is 10.4 Å². The normalized spacial score (nSPS) is 10.9. The SMILES string of the molecule is O=C(C(=NO)c1ccccc1)c1ccccc1.O=C(C(=N[OH2+])c1ccccc1)c1ccccc1.[Cl][Ru][Cl]. The summed E-state index contributed by atoms with van der Waals surface area (Å²) >= 11 is -0.346. The van der Waals surface area contributed by atoms with E-state index in [0.717, 1.165) is 0 Å². The molecular formula is C28H23Cl2N2O4Ru+. The van der Waals surface area contributed by atoms with E-state index in [2.05, 4.69) is 10.3 Å². The van der Waals surface area contributed by atoms with Crippen LogP contribution in [-0.2, 0) is 15.1 Å². The average Bonchev–Trinajstić information content (AvgIpc) is 2.96. The number of hydrogen-bond donors (Lipinski definition) is 1. The van der Waals surface area contributed by atoms with Crippen molar-refractivity contribution in [2.75, 3.05) is 0 Å². The topological polar surface area (TPSA) is 102 Å². The molecule has 4 rings (SSSR count). The van der Waals surface area contributed by atoms with E-state index in [1.165, 1.54) is 0 Å². The molecule has 0 fully saturated rings. The van der Waals surface area contributed by atoms with Gasteiger partial charge in [0.15, 0.2) is 5.71 Å². The molecular weight excluding hydrogens is 600 g/mol. The summed E-state index contributed by atoms with van der Waals surface area (Å²) < 4.78 is 0. The van der Waals surface area contributed by atoms with Gasteiger partial charge >= 0.3 is 34.5 Å². The molecule has 0 heterocycles. The van der Waals surface area contributed by atoms with Gasteiger partial charge in [-0.25, -0.2) is 0 Å². The number of ketones is 2. The number of benzene rings is 4.